The molecule has 3 nitrogen and oxygen atoms in total. The molecule has 1 heterocycles. The second-order valence-electron chi connectivity index (χ2n) is 4.53. The molecule has 2 N–H and O–H groups in total. The molecule has 1 aromatic heterocycles. The van der Waals surface area contributed by atoms with Gasteiger partial charge in [-0.05, 0) is 45.4 Å². The number of allylic oxidation sites excluding steroid dienone is 1. The average Bonchev–Trinajstić information content (AvgIpc) is 2.29. The van der Waals surface area contributed by atoms with Crippen molar-refractivity contribution in [3.05, 3.63) is 35.0 Å². The molecule has 0 radical (unpaired) electrons. The molecule has 0 fully saturated rings. The van der Waals surface area contributed by atoms with Crippen LogP contribution in [0.4, 0.5) is 5.82 Å². The topological polar surface area (TPSA) is 37.0 Å². The van der Waals surface area contributed by atoms with Crippen molar-refractivity contribution in [2.45, 2.75) is 33.2 Å². The van der Waals surface area contributed by atoms with E-state index < -0.39 is 0 Å². The Morgan fingerprint density at radius 3 is 2.71 bits per heavy atom. The minimum Gasteiger partial charge on any atom is -0.373 e. The van der Waals surface area contributed by atoms with Crippen molar-refractivity contribution in [1.82, 2.24) is 10.3 Å². The van der Waals surface area contributed by atoms with Gasteiger partial charge in [0.2, 0.25) is 0 Å². The van der Waals surface area contributed by atoms with Crippen molar-refractivity contribution in [1.29, 1.82) is 0 Å². The summed E-state index contributed by atoms with van der Waals surface area (Å²) in [4.78, 5) is 4.40. The van der Waals surface area contributed by atoms with Gasteiger partial charge in [0, 0.05) is 19.3 Å². The highest BCUT2D eigenvalue weighted by molar-refractivity contribution is 5.44. The van der Waals surface area contributed by atoms with Gasteiger partial charge in [0.25, 0.3) is 0 Å². The first-order valence-electron chi connectivity index (χ1n) is 6.04. The quantitative estimate of drug-likeness (QED) is 0.767. The van der Waals surface area contributed by atoms with Crippen LogP contribution in [0.2, 0.25) is 0 Å². The Kier molecular flexibility index (Phi) is 5.16. The van der Waals surface area contributed by atoms with E-state index in [1.165, 1.54) is 16.7 Å². The number of likely N-dealkylation sites (N-methyl/N-ethyl adjacent to an activating group) is 1. The van der Waals surface area contributed by atoms with Gasteiger partial charge in [-0.3, -0.25) is 0 Å². The molecule has 1 unspecified atom stereocenters. The summed E-state index contributed by atoms with van der Waals surface area (Å²) in [5.41, 5.74) is 3.82. The van der Waals surface area contributed by atoms with Crippen LogP contribution in [0.25, 0.3) is 0 Å². The van der Waals surface area contributed by atoms with E-state index in [2.05, 4.69) is 48.5 Å². The van der Waals surface area contributed by atoms with Gasteiger partial charge < -0.3 is 10.6 Å². The standard InChI is InChI=1S/C14H23N3/c1-10(6-12(3)15-4)7-13-8-11(2)14(16-5)17-9-13/h6,8-9,12,15H,7H2,1-5H3,(H,16,17). The third kappa shape index (κ3) is 4.19. The Hall–Kier alpha value is -1.35. The Bertz CT molecular complexity index is 396. The number of hydrogen-bond acceptors (Lipinski definition) is 3. The summed E-state index contributed by atoms with van der Waals surface area (Å²) in [5.74, 6) is 0.957. The maximum Gasteiger partial charge on any atom is 0.128 e. The zero-order valence-corrected chi connectivity index (χ0v) is 11.5. The fourth-order valence-electron chi connectivity index (χ4n) is 1.88. The highest BCUT2D eigenvalue weighted by Crippen LogP contribution is 2.15. The molecule has 0 amide bonds. The van der Waals surface area contributed by atoms with Gasteiger partial charge in [-0.15, -0.1) is 0 Å². The van der Waals surface area contributed by atoms with Crippen LogP contribution >= 0.6 is 0 Å². The highest BCUT2D eigenvalue weighted by atomic mass is 15.0. The van der Waals surface area contributed by atoms with E-state index in [1.54, 1.807) is 0 Å². The summed E-state index contributed by atoms with van der Waals surface area (Å²) in [7, 11) is 3.87. The van der Waals surface area contributed by atoms with Gasteiger partial charge in [0.1, 0.15) is 5.82 Å². The van der Waals surface area contributed by atoms with E-state index in [9.17, 15) is 0 Å². The van der Waals surface area contributed by atoms with Gasteiger partial charge >= 0.3 is 0 Å². The van der Waals surface area contributed by atoms with Gasteiger partial charge in [-0.1, -0.05) is 17.7 Å². The number of aromatic nitrogens is 1. The SMILES string of the molecule is CNc1ncc(CC(C)=CC(C)NC)cc1C. The summed E-state index contributed by atoms with van der Waals surface area (Å²) in [6.07, 6.45) is 5.16. The van der Waals surface area contributed by atoms with Gasteiger partial charge in [-0.2, -0.15) is 0 Å². The van der Waals surface area contributed by atoms with E-state index in [-0.39, 0.29) is 0 Å². The summed E-state index contributed by atoms with van der Waals surface area (Å²) >= 11 is 0. The lowest BCUT2D eigenvalue weighted by Crippen LogP contribution is -2.18. The Morgan fingerprint density at radius 1 is 1.47 bits per heavy atom. The lowest BCUT2D eigenvalue weighted by molar-refractivity contribution is 0.722. The molecule has 0 saturated heterocycles. The number of anilines is 1. The number of pyridine rings is 1. The molecule has 0 aliphatic rings. The zero-order chi connectivity index (χ0) is 12.8. The average molecular weight is 233 g/mol. The van der Waals surface area contributed by atoms with Crippen LogP contribution in [0.5, 0.6) is 0 Å². The third-order valence-corrected chi connectivity index (χ3v) is 2.84. The number of nitrogens with zero attached hydrogens (tertiary/aromatic N) is 1. The van der Waals surface area contributed by atoms with Crippen molar-refractivity contribution in [2.75, 3.05) is 19.4 Å². The predicted molar refractivity (Wildman–Crippen MR) is 74.5 cm³/mol. The molecule has 0 aliphatic heterocycles. The lowest BCUT2D eigenvalue weighted by Gasteiger charge is -2.09. The Labute approximate surface area is 104 Å². The Balaban J connectivity index is 2.75. The molecule has 0 spiro atoms. The zero-order valence-electron chi connectivity index (χ0n) is 11.5. The Morgan fingerprint density at radius 2 is 2.18 bits per heavy atom. The minimum absolute atomic E-state index is 0.417. The first-order chi connectivity index (χ1) is 8.06. The van der Waals surface area contributed by atoms with E-state index in [0.29, 0.717) is 6.04 Å². The summed E-state index contributed by atoms with van der Waals surface area (Å²) in [6.45, 7) is 6.39. The molecule has 0 aliphatic carbocycles. The molecule has 3 heteroatoms. The molecule has 17 heavy (non-hydrogen) atoms. The van der Waals surface area contributed by atoms with E-state index in [1.807, 2.05) is 20.3 Å². The van der Waals surface area contributed by atoms with E-state index >= 15 is 0 Å². The summed E-state index contributed by atoms with van der Waals surface area (Å²) < 4.78 is 0. The van der Waals surface area contributed by atoms with Gasteiger partial charge in [0.15, 0.2) is 0 Å². The number of rotatable bonds is 5. The van der Waals surface area contributed by atoms with Crippen LogP contribution < -0.4 is 10.6 Å². The minimum atomic E-state index is 0.417. The van der Waals surface area contributed by atoms with Gasteiger partial charge in [0.05, 0.1) is 0 Å². The fourth-order valence-corrected chi connectivity index (χ4v) is 1.88. The first kappa shape index (κ1) is 13.7. The van der Waals surface area contributed by atoms with Crippen LogP contribution in [0.1, 0.15) is 25.0 Å². The maximum atomic E-state index is 4.40. The first-order valence-corrected chi connectivity index (χ1v) is 6.04. The molecule has 0 saturated carbocycles. The normalized spacial score (nSPS) is 13.6. The summed E-state index contributed by atoms with van der Waals surface area (Å²) in [6, 6.07) is 2.61. The molecular formula is C14H23N3. The lowest BCUT2D eigenvalue weighted by atomic mass is 10.0. The molecule has 0 aromatic carbocycles. The van der Waals surface area contributed by atoms with Crippen molar-refractivity contribution in [3.63, 3.8) is 0 Å². The third-order valence-electron chi connectivity index (χ3n) is 2.84. The van der Waals surface area contributed by atoms with Crippen LogP contribution in [0.15, 0.2) is 23.9 Å². The van der Waals surface area contributed by atoms with Crippen LogP contribution in [-0.2, 0) is 6.42 Å². The van der Waals surface area contributed by atoms with Crippen molar-refractivity contribution >= 4 is 5.82 Å². The molecule has 1 aromatic rings. The smallest absolute Gasteiger partial charge is 0.128 e. The number of aryl methyl sites for hydroxylation is 1. The van der Waals surface area contributed by atoms with Crippen LogP contribution in [0, 0.1) is 6.92 Å². The monoisotopic (exact) mass is 233 g/mol. The molecule has 1 rings (SSSR count). The highest BCUT2D eigenvalue weighted by Gasteiger charge is 2.02. The van der Waals surface area contributed by atoms with Crippen LogP contribution in [-0.4, -0.2) is 25.1 Å². The van der Waals surface area contributed by atoms with Crippen molar-refractivity contribution in [3.8, 4) is 0 Å². The second-order valence-corrected chi connectivity index (χ2v) is 4.53. The predicted octanol–water partition coefficient (Wildman–Crippen LogP) is 2.53. The fraction of sp³-hybridized carbons (Fsp3) is 0.500. The maximum absolute atomic E-state index is 4.40. The van der Waals surface area contributed by atoms with Crippen molar-refractivity contribution < 1.29 is 0 Å². The van der Waals surface area contributed by atoms with E-state index in [4.69, 9.17) is 0 Å². The number of hydrogen-bond donors (Lipinski definition) is 2. The molecular weight excluding hydrogens is 210 g/mol. The molecule has 1 atom stereocenters. The summed E-state index contributed by atoms with van der Waals surface area (Å²) in [5, 5.41) is 6.29. The molecule has 94 valence electrons. The van der Waals surface area contributed by atoms with Crippen LogP contribution in [0.3, 0.4) is 0 Å². The van der Waals surface area contributed by atoms with E-state index in [0.717, 1.165) is 12.2 Å². The number of nitrogens with one attached hydrogen (secondary N) is 2. The largest absolute Gasteiger partial charge is 0.373 e. The second kappa shape index (κ2) is 6.40. The van der Waals surface area contributed by atoms with Gasteiger partial charge in [-0.25, -0.2) is 4.98 Å². The van der Waals surface area contributed by atoms with Crippen molar-refractivity contribution in [2.24, 2.45) is 0 Å². The molecule has 0 bridgehead atoms.